The molecular formula is C14H21BrN2O2. The van der Waals surface area contributed by atoms with Gasteiger partial charge in [0.2, 0.25) is 5.91 Å². The Balaban J connectivity index is 2.41. The van der Waals surface area contributed by atoms with Gasteiger partial charge in [-0.2, -0.15) is 0 Å². The van der Waals surface area contributed by atoms with Crippen molar-refractivity contribution in [2.45, 2.75) is 18.9 Å². The van der Waals surface area contributed by atoms with Crippen LogP contribution in [0.4, 0.5) is 0 Å². The number of carbonyl (C=O) groups excluding carboxylic acids is 1. The van der Waals surface area contributed by atoms with E-state index in [0.29, 0.717) is 13.0 Å². The van der Waals surface area contributed by atoms with Gasteiger partial charge in [-0.05, 0) is 38.7 Å². The van der Waals surface area contributed by atoms with Crippen molar-refractivity contribution in [3.05, 3.63) is 34.3 Å². The van der Waals surface area contributed by atoms with Gasteiger partial charge in [0.15, 0.2) is 0 Å². The molecule has 0 bridgehead atoms. The Bertz CT molecular complexity index is 416. The summed E-state index contributed by atoms with van der Waals surface area (Å²) < 4.78 is 0.991. The smallest absolute Gasteiger partial charge is 0.224 e. The van der Waals surface area contributed by atoms with Crippen LogP contribution in [0.2, 0.25) is 0 Å². The fourth-order valence-electron chi connectivity index (χ4n) is 1.88. The fourth-order valence-corrected chi connectivity index (χ4v) is 2.14. The Labute approximate surface area is 122 Å². The summed E-state index contributed by atoms with van der Waals surface area (Å²) in [5, 5.41) is 12.8. The van der Waals surface area contributed by atoms with E-state index < -0.39 is 5.60 Å². The number of carbonyl (C=O) groups is 1. The number of likely N-dealkylation sites (N-methyl/N-ethyl adjacent to an activating group) is 1. The van der Waals surface area contributed by atoms with Gasteiger partial charge in [0.1, 0.15) is 0 Å². The number of aliphatic hydroxyl groups is 1. The van der Waals surface area contributed by atoms with Gasteiger partial charge in [-0.15, -0.1) is 0 Å². The van der Waals surface area contributed by atoms with Crippen LogP contribution in [-0.4, -0.2) is 48.7 Å². The minimum absolute atomic E-state index is 0.0821. The molecule has 0 saturated heterocycles. The molecule has 1 amide bonds. The molecule has 0 heterocycles. The lowest BCUT2D eigenvalue weighted by Crippen LogP contribution is -2.47. The lowest BCUT2D eigenvalue weighted by atomic mass is 10.1. The average molecular weight is 329 g/mol. The quantitative estimate of drug-likeness (QED) is 0.830. The van der Waals surface area contributed by atoms with E-state index in [4.69, 9.17) is 0 Å². The second kappa shape index (κ2) is 7.03. The van der Waals surface area contributed by atoms with Gasteiger partial charge in [0.05, 0.1) is 12.0 Å². The Morgan fingerprint density at radius 3 is 2.47 bits per heavy atom. The van der Waals surface area contributed by atoms with E-state index in [-0.39, 0.29) is 12.5 Å². The number of nitrogens with one attached hydrogen (secondary N) is 1. The summed E-state index contributed by atoms with van der Waals surface area (Å²) in [4.78, 5) is 13.7. The predicted octanol–water partition coefficient (Wildman–Crippen LogP) is 1.42. The maximum Gasteiger partial charge on any atom is 0.224 e. The van der Waals surface area contributed by atoms with Gasteiger partial charge in [0.25, 0.3) is 0 Å². The van der Waals surface area contributed by atoms with Gasteiger partial charge in [-0.25, -0.2) is 0 Å². The highest BCUT2D eigenvalue weighted by Crippen LogP contribution is 2.11. The molecule has 1 aromatic rings. The highest BCUT2D eigenvalue weighted by Gasteiger charge is 2.21. The second-order valence-electron chi connectivity index (χ2n) is 5.31. The molecule has 0 radical (unpaired) electrons. The Morgan fingerprint density at radius 1 is 1.37 bits per heavy atom. The zero-order valence-corrected chi connectivity index (χ0v) is 13.2. The highest BCUT2D eigenvalue weighted by molar-refractivity contribution is 9.10. The Kier molecular flexibility index (Phi) is 5.97. The average Bonchev–Trinajstić information content (AvgIpc) is 2.28. The molecule has 0 aliphatic carbocycles. The first-order valence-electron chi connectivity index (χ1n) is 6.17. The number of hydrogen-bond donors (Lipinski definition) is 2. The van der Waals surface area contributed by atoms with Crippen LogP contribution in [-0.2, 0) is 11.2 Å². The number of nitrogens with zero attached hydrogens (tertiary/aromatic N) is 1. The molecule has 1 rings (SSSR count). The number of rotatable bonds is 6. The number of amides is 1. The predicted molar refractivity (Wildman–Crippen MR) is 80.0 cm³/mol. The largest absolute Gasteiger partial charge is 0.387 e. The fraction of sp³-hybridized carbons (Fsp3) is 0.500. The van der Waals surface area contributed by atoms with Crippen molar-refractivity contribution < 1.29 is 9.90 Å². The van der Waals surface area contributed by atoms with Gasteiger partial charge < -0.3 is 15.3 Å². The van der Waals surface area contributed by atoms with Crippen molar-refractivity contribution in [2.75, 3.05) is 27.2 Å². The van der Waals surface area contributed by atoms with E-state index in [1.165, 1.54) is 0 Å². The molecule has 19 heavy (non-hydrogen) atoms. The van der Waals surface area contributed by atoms with Crippen LogP contribution in [0.5, 0.6) is 0 Å². The number of benzene rings is 1. The Morgan fingerprint density at radius 2 is 1.95 bits per heavy atom. The van der Waals surface area contributed by atoms with Crippen LogP contribution < -0.4 is 5.32 Å². The molecule has 1 unspecified atom stereocenters. The molecule has 106 valence electrons. The van der Waals surface area contributed by atoms with E-state index >= 15 is 0 Å². The molecule has 2 N–H and O–H groups in total. The minimum atomic E-state index is -0.918. The summed E-state index contributed by atoms with van der Waals surface area (Å²) in [6.07, 6.45) is 0.325. The maximum absolute atomic E-state index is 11.8. The van der Waals surface area contributed by atoms with Crippen LogP contribution in [0.25, 0.3) is 0 Å². The molecule has 4 nitrogen and oxygen atoms in total. The van der Waals surface area contributed by atoms with Crippen LogP contribution >= 0.6 is 15.9 Å². The molecule has 0 aliphatic heterocycles. The van der Waals surface area contributed by atoms with E-state index in [1.54, 1.807) is 6.92 Å². The summed E-state index contributed by atoms with van der Waals surface area (Å²) in [5.74, 6) is -0.0821. The van der Waals surface area contributed by atoms with Crippen LogP contribution in [0.15, 0.2) is 28.7 Å². The lowest BCUT2D eigenvalue weighted by molar-refractivity contribution is -0.121. The molecule has 0 saturated carbocycles. The molecule has 0 spiro atoms. The van der Waals surface area contributed by atoms with Gasteiger partial charge in [-0.3, -0.25) is 4.79 Å². The first-order valence-corrected chi connectivity index (χ1v) is 6.96. The zero-order chi connectivity index (χ0) is 14.5. The maximum atomic E-state index is 11.8. The molecule has 5 heteroatoms. The minimum Gasteiger partial charge on any atom is -0.387 e. The zero-order valence-electron chi connectivity index (χ0n) is 11.6. The summed E-state index contributed by atoms with van der Waals surface area (Å²) in [6, 6.07) is 7.62. The van der Waals surface area contributed by atoms with Crippen molar-refractivity contribution in [2.24, 2.45) is 0 Å². The van der Waals surface area contributed by atoms with Gasteiger partial charge in [0, 0.05) is 17.6 Å². The molecular weight excluding hydrogens is 308 g/mol. The third-order valence-corrected chi connectivity index (χ3v) is 3.13. The van der Waals surface area contributed by atoms with Crippen molar-refractivity contribution >= 4 is 21.8 Å². The lowest BCUT2D eigenvalue weighted by Gasteiger charge is -2.27. The highest BCUT2D eigenvalue weighted by atomic mass is 79.9. The summed E-state index contributed by atoms with van der Waals surface area (Å²) >= 11 is 3.35. The monoisotopic (exact) mass is 328 g/mol. The molecule has 0 aromatic heterocycles. The first-order chi connectivity index (χ1) is 8.78. The molecule has 0 aliphatic rings. The first kappa shape index (κ1) is 16.1. The molecule has 1 aromatic carbocycles. The van der Waals surface area contributed by atoms with Crippen LogP contribution in [0, 0.1) is 0 Å². The third-order valence-electron chi connectivity index (χ3n) is 2.60. The van der Waals surface area contributed by atoms with Crippen molar-refractivity contribution in [1.82, 2.24) is 10.2 Å². The van der Waals surface area contributed by atoms with Crippen LogP contribution in [0.3, 0.4) is 0 Å². The standard InChI is InChI=1S/C14H21BrN2O2/c1-14(19,10-17(2)3)9-16-13(18)8-11-4-6-12(15)7-5-11/h4-7,19H,8-10H2,1-3H3,(H,16,18). The normalized spacial score (nSPS) is 14.2. The number of halogens is 1. The van der Waals surface area contributed by atoms with E-state index in [0.717, 1.165) is 10.0 Å². The summed E-state index contributed by atoms with van der Waals surface area (Å²) in [5.41, 5.74) is 0.0340. The van der Waals surface area contributed by atoms with E-state index in [9.17, 15) is 9.90 Å². The van der Waals surface area contributed by atoms with Crippen LogP contribution in [0.1, 0.15) is 12.5 Å². The number of hydrogen-bond acceptors (Lipinski definition) is 3. The van der Waals surface area contributed by atoms with Crippen molar-refractivity contribution in [3.63, 3.8) is 0 Å². The second-order valence-corrected chi connectivity index (χ2v) is 6.23. The SMILES string of the molecule is CN(C)CC(C)(O)CNC(=O)Cc1ccc(Br)cc1. The van der Waals surface area contributed by atoms with E-state index in [1.807, 2.05) is 43.3 Å². The van der Waals surface area contributed by atoms with Gasteiger partial charge in [-0.1, -0.05) is 28.1 Å². The summed E-state index contributed by atoms with van der Waals surface area (Å²) in [6.45, 7) is 2.47. The molecule has 0 fully saturated rings. The van der Waals surface area contributed by atoms with E-state index in [2.05, 4.69) is 21.2 Å². The van der Waals surface area contributed by atoms with Crippen molar-refractivity contribution in [1.29, 1.82) is 0 Å². The molecule has 1 atom stereocenters. The third kappa shape index (κ3) is 6.71. The summed E-state index contributed by atoms with van der Waals surface area (Å²) in [7, 11) is 3.77. The van der Waals surface area contributed by atoms with Gasteiger partial charge >= 0.3 is 0 Å². The van der Waals surface area contributed by atoms with Crippen molar-refractivity contribution in [3.8, 4) is 0 Å². The Hall–Kier alpha value is -0.910. The topological polar surface area (TPSA) is 52.6 Å².